The second kappa shape index (κ2) is 7.11. The van der Waals surface area contributed by atoms with Crippen molar-refractivity contribution in [3.8, 4) is 0 Å². The van der Waals surface area contributed by atoms with Crippen LogP contribution in [0.1, 0.15) is 29.5 Å². The van der Waals surface area contributed by atoms with E-state index in [0.29, 0.717) is 25.2 Å². The van der Waals surface area contributed by atoms with Gasteiger partial charge in [0, 0.05) is 21.8 Å². The summed E-state index contributed by atoms with van der Waals surface area (Å²) >= 11 is 1.81. The molecule has 2 heterocycles. The lowest BCUT2D eigenvalue weighted by atomic mass is 10.0. The number of nitrogens with zero attached hydrogens (tertiary/aromatic N) is 1. The average molecular weight is 320 g/mol. The van der Waals surface area contributed by atoms with Crippen LogP contribution in [0.15, 0.2) is 12.1 Å². The summed E-state index contributed by atoms with van der Waals surface area (Å²) in [6.45, 7) is 4.54. The molecule has 2 rings (SSSR count). The molecule has 120 valence electrons. The van der Waals surface area contributed by atoms with E-state index < -0.39 is 12.7 Å². The van der Waals surface area contributed by atoms with Gasteiger partial charge in [0.2, 0.25) is 0 Å². The Balaban J connectivity index is 1.70. The van der Waals surface area contributed by atoms with Gasteiger partial charge in [0.1, 0.15) is 0 Å². The molecule has 2 nitrogen and oxygen atoms in total. The van der Waals surface area contributed by atoms with Crippen LogP contribution in [0.3, 0.4) is 0 Å². The third-order valence-corrected chi connectivity index (χ3v) is 4.84. The highest BCUT2D eigenvalue weighted by molar-refractivity contribution is 7.11. The molecule has 0 saturated carbocycles. The maximum atomic E-state index is 12.3. The first-order chi connectivity index (χ1) is 9.82. The van der Waals surface area contributed by atoms with Crippen molar-refractivity contribution >= 4 is 11.3 Å². The zero-order valence-electron chi connectivity index (χ0n) is 12.5. The van der Waals surface area contributed by atoms with Crippen molar-refractivity contribution < 1.29 is 13.2 Å². The molecular formula is C15H23F3N2S. The molecule has 0 bridgehead atoms. The number of hydrogen-bond acceptors (Lipinski definition) is 3. The minimum atomic E-state index is -4.08. The molecule has 1 aromatic rings. The number of rotatable bonds is 5. The van der Waals surface area contributed by atoms with Crippen LogP contribution in [-0.4, -0.2) is 42.8 Å². The van der Waals surface area contributed by atoms with Gasteiger partial charge in [-0.1, -0.05) is 0 Å². The number of alkyl halides is 3. The third kappa shape index (κ3) is 5.96. The summed E-state index contributed by atoms with van der Waals surface area (Å²) in [6.07, 6.45) is -1.50. The summed E-state index contributed by atoms with van der Waals surface area (Å²) in [7, 11) is 0. The molecule has 1 atom stereocenters. The van der Waals surface area contributed by atoms with Gasteiger partial charge in [-0.15, -0.1) is 11.3 Å². The Labute approximate surface area is 128 Å². The van der Waals surface area contributed by atoms with E-state index >= 15 is 0 Å². The fourth-order valence-electron chi connectivity index (χ4n) is 2.87. The van der Waals surface area contributed by atoms with Crippen LogP contribution in [0.25, 0.3) is 0 Å². The number of piperidine rings is 1. The summed E-state index contributed by atoms with van der Waals surface area (Å²) < 4.78 is 37.0. The Morgan fingerprint density at radius 3 is 2.52 bits per heavy atom. The number of nitrogens with one attached hydrogen (secondary N) is 1. The zero-order valence-corrected chi connectivity index (χ0v) is 13.4. The number of thiophene rings is 1. The van der Waals surface area contributed by atoms with E-state index in [-0.39, 0.29) is 0 Å². The SMILES string of the molecule is Cc1ccc(CC(C)NC2CCN(CC(F)(F)F)CC2)s1. The van der Waals surface area contributed by atoms with Gasteiger partial charge in [-0.05, 0) is 58.3 Å². The standard InChI is InChI=1S/C15H23F3N2S/c1-11(9-14-4-3-12(2)21-14)19-13-5-7-20(8-6-13)10-15(16,17)18/h3-4,11,13,19H,5-10H2,1-2H3. The smallest absolute Gasteiger partial charge is 0.311 e. The molecule has 0 radical (unpaired) electrons. The minimum absolute atomic E-state index is 0.338. The number of likely N-dealkylation sites (tertiary alicyclic amines) is 1. The summed E-state index contributed by atoms with van der Waals surface area (Å²) in [6, 6.07) is 4.99. The van der Waals surface area contributed by atoms with Crippen molar-refractivity contribution in [2.45, 2.75) is 51.4 Å². The second-order valence-corrected chi connectivity index (χ2v) is 7.32. The van der Waals surface area contributed by atoms with E-state index in [2.05, 4.69) is 31.3 Å². The predicted octanol–water partition coefficient (Wildman–Crippen LogP) is 3.60. The van der Waals surface area contributed by atoms with E-state index in [0.717, 1.165) is 19.3 Å². The highest BCUT2D eigenvalue weighted by Gasteiger charge is 2.32. The lowest BCUT2D eigenvalue weighted by molar-refractivity contribution is -0.148. The van der Waals surface area contributed by atoms with E-state index in [1.165, 1.54) is 14.7 Å². The fourth-order valence-corrected chi connectivity index (χ4v) is 3.89. The Bertz CT molecular complexity index is 436. The first kappa shape index (κ1) is 16.8. The predicted molar refractivity (Wildman–Crippen MR) is 80.9 cm³/mol. The highest BCUT2D eigenvalue weighted by atomic mass is 32.1. The molecule has 1 unspecified atom stereocenters. The lowest BCUT2D eigenvalue weighted by Crippen LogP contribution is -2.47. The van der Waals surface area contributed by atoms with Crippen LogP contribution in [0.4, 0.5) is 13.2 Å². The number of hydrogen-bond donors (Lipinski definition) is 1. The molecule has 1 aliphatic heterocycles. The number of halogens is 3. The molecule has 0 aromatic carbocycles. The summed E-state index contributed by atoms with van der Waals surface area (Å²) in [5.74, 6) is 0. The molecule has 0 amide bonds. The quantitative estimate of drug-likeness (QED) is 0.892. The molecule has 21 heavy (non-hydrogen) atoms. The monoisotopic (exact) mass is 320 g/mol. The average Bonchev–Trinajstić information content (AvgIpc) is 2.75. The van der Waals surface area contributed by atoms with E-state index in [1.807, 2.05) is 11.3 Å². The minimum Gasteiger partial charge on any atom is -0.311 e. The van der Waals surface area contributed by atoms with Gasteiger partial charge in [0.25, 0.3) is 0 Å². The second-order valence-electron chi connectivity index (χ2n) is 5.95. The first-order valence-electron chi connectivity index (χ1n) is 7.42. The van der Waals surface area contributed by atoms with Crippen molar-refractivity contribution in [3.05, 3.63) is 21.9 Å². The van der Waals surface area contributed by atoms with Crippen LogP contribution in [-0.2, 0) is 6.42 Å². The summed E-state index contributed by atoms with van der Waals surface area (Å²) in [5, 5.41) is 3.56. The van der Waals surface area contributed by atoms with E-state index in [9.17, 15) is 13.2 Å². The third-order valence-electron chi connectivity index (χ3n) is 3.81. The van der Waals surface area contributed by atoms with Gasteiger partial charge in [-0.3, -0.25) is 4.90 Å². The maximum Gasteiger partial charge on any atom is 0.401 e. The topological polar surface area (TPSA) is 15.3 Å². The Kier molecular flexibility index (Phi) is 5.68. The van der Waals surface area contributed by atoms with Crippen molar-refractivity contribution in [2.24, 2.45) is 0 Å². The van der Waals surface area contributed by atoms with Crippen LogP contribution in [0, 0.1) is 6.92 Å². The largest absolute Gasteiger partial charge is 0.401 e. The van der Waals surface area contributed by atoms with Crippen LogP contribution >= 0.6 is 11.3 Å². The summed E-state index contributed by atoms with van der Waals surface area (Å²) in [4.78, 5) is 4.19. The van der Waals surface area contributed by atoms with Gasteiger partial charge < -0.3 is 5.32 Å². The van der Waals surface area contributed by atoms with Gasteiger partial charge in [-0.2, -0.15) is 13.2 Å². The van der Waals surface area contributed by atoms with Crippen LogP contribution < -0.4 is 5.32 Å². The molecule has 1 aliphatic rings. The Morgan fingerprint density at radius 2 is 2.00 bits per heavy atom. The van der Waals surface area contributed by atoms with E-state index in [4.69, 9.17) is 0 Å². The Morgan fingerprint density at radius 1 is 1.33 bits per heavy atom. The van der Waals surface area contributed by atoms with Crippen molar-refractivity contribution in [2.75, 3.05) is 19.6 Å². The molecule has 0 aliphatic carbocycles. The number of aryl methyl sites for hydroxylation is 1. The molecule has 0 spiro atoms. The van der Waals surface area contributed by atoms with Crippen molar-refractivity contribution in [1.82, 2.24) is 10.2 Å². The highest BCUT2D eigenvalue weighted by Crippen LogP contribution is 2.21. The van der Waals surface area contributed by atoms with Gasteiger partial charge in [0.05, 0.1) is 6.54 Å². The molecule has 1 N–H and O–H groups in total. The normalized spacial score (nSPS) is 19.9. The molecule has 1 saturated heterocycles. The summed E-state index contributed by atoms with van der Waals surface area (Å²) in [5.41, 5.74) is 0. The van der Waals surface area contributed by atoms with Gasteiger partial charge >= 0.3 is 6.18 Å². The molecule has 6 heteroatoms. The van der Waals surface area contributed by atoms with Gasteiger partial charge in [-0.25, -0.2) is 0 Å². The first-order valence-corrected chi connectivity index (χ1v) is 8.24. The maximum absolute atomic E-state index is 12.3. The lowest BCUT2D eigenvalue weighted by Gasteiger charge is -2.34. The molecule has 1 fully saturated rings. The Hall–Kier alpha value is -0.590. The fraction of sp³-hybridized carbons (Fsp3) is 0.733. The molecular weight excluding hydrogens is 297 g/mol. The van der Waals surface area contributed by atoms with Crippen molar-refractivity contribution in [3.63, 3.8) is 0 Å². The van der Waals surface area contributed by atoms with Crippen LogP contribution in [0.5, 0.6) is 0 Å². The van der Waals surface area contributed by atoms with E-state index in [1.54, 1.807) is 0 Å². The molecule has 1 aromatic heterocycles. The van der Waals surface area contributed by atoms with Crippen LogP contribution in [0.2, 0.25) is 0 Å². The van der Waals surface area contributed by atoms with Crippen molar-refractivity contribution in [1.29, 1.82) is 0 Å². The zero-order chi connectivity index (χ0) is 15.5. The van der Waals surface area contributed by atoms with Gasteiger partial charge in [0.15, 0.2) is 0 Å².